The van der Waals surface area contributed by atoms with E-state index in [-0.39, 0.29) is 6.10 Å². The molecule has 1 N–H and O–H groups in total. The summed E-state index contributed by atoms with van der Waals surface area (Å²) in [7, 11) is 0. The van der Waals surface area contributed by atoms with Crippen LogP contribution >= 0.6 is 0 Å². The highest BCUT2D eigenvalue weighted by Gasteiger charge is 2.17. The number of likely N-dealkylation sites (tertiary alicyclic amines) is 1. The summed E-state index contributed by atoms with van der Waals surface area (Å²) in [6.45, 7) is 9.65. The van der Waals surface area contributed by atoms with Gasteiger partial charge in [-0.3, -0.25) is 0 Å². The molecule has 0 saturated carbocycles. The van der Waals surface area contributed by atoms with E-state index in [9.17, 15) is 5.11 Å². The Bertz CT molecular complexity index is 737. The number of β-amino-alcohol motifs (C(OH)–C–C–N with tert-alkyl or cyclic N) is 1. The third-order valence-corrected chi connectivity index (χ3v) is 5.67. The minimum absolute atomic E-state index is 0.0567. The molecular formula is C24H33NO2. The van der Waals surface area contributed by atoms with Gasteiger partial charge in [0.25, 0.3) is 0 Å². The van der Waals surface area contributed by atoms with Crippen LogP contribution in [0.25, 0.3) is 11.1 Å². The average molecular weight is 368 g/mol. The number of aliphatic hydroxyl groups excluding tert-OH is 1. The molecule has 0 aliphatic carbocycles. The van der Waals surface area contributed by atoms with Crippen LogP contribution in [0, 0.1) is 13.8 Å². The van der Waals surface area contributed by atoms with Gasteiger partial charge in [-0.1, -0.05) is 48.9 Å². The lowest BCUT2D eigenvalue weighted by atomic mass is 9.94. The van der Waals surface area contributed by atoms with Gasteiger partial charge in [0, 0.05) is 6.54 Å². The highest BCUT2D eigenvalue weighted by molar-refractivity contribution is 5.69. The number of ether oxygens (including phenoxy) is 1. The van der Waals surface area contributed by atoms with Crippen LogP contribution in [0.3, 0.4) is 0 Å². The van der Waals surface area contributed by atoms with Gasteiger partial charge in [0.2, 0.25) is 0 Å². The predicted octanol–water partition coefficient (Wildman–Crippen LogP) is 4.89. The maximum Gasteiger partial charge on any atom is 0.0900 e. The van der Waals surface area contributed by atoms with Crippen LogP contribution < -0.4 is 0 Å². The van der Waals surface area contributed by atoms with Crippen molar-refractivity contribution in [1.82, 2.24) is 4.90 Å². The fraction of sp³-hybridized carbons (Fsp3) is 0.500. The molecule has 2 unspecified atom stereocenters. The van der Waals surface area contributed by atoms with Crippen molar-refractivity contribution in [3.8, 4) is 11.1 Å². The van der Waals surface area contributed by atoms with Crippen molar-refractivity contribution in [2.75, 3.05) is 26.2 Å². The first-order valence-corrected chi connectivity index (χ1v) is 10.2. The Hall–Kier alpha value is -1.68. The number of aliphatic hydroxyl groups is 1. The van der Waals surface area contributed by atoms with Crippen LogP contribution in [-0.4, -0.2) is 42.4 Å². The molecule has 1 aliphatic heterocycles. The van der Waals surface area contributed by atoms with Crippen molar-refractivity contribution in [1.29, 1.82) is 0 Å². The highest BCUT2D eigenvalue weighted by Crippen LogP contribution is 2.31. The molecule has 0 aromatic heterocycles. The Kier molecular flexibility index (Phi) is 7.06. The van der Waals surface area contributed by atoms with E-state index in [1.165, 1.54) is 47.1 Å². The number of aryl methyl sites for hydroxylation is 2. The van der Waals surface area contributed by atoms with Gasteiger partial charge < -0.3 is 14.7 Å². The van der Waals surface area contributed by atoms with E-state index in [1.54, 1.807) is 0 Å². The Labute approximate surface area is 164 Å². The smallest absolute Gasteiger partial charge is 0.0900 e. The van der Waals surface area contributed by atoms with Crippen molar-refractivity contribution < 1.29 is 9.84 Å². The van der Waals surface area contributed by atoms with E-state index in [2.05, 4.69) is 68.1 Å². The van der Waals surface area contributed by atoms with Crippen LogP contribution in [0.1, 0.15) is 49.0 Å². The maximum atomic E-state index is 10.4. The van der Waals surface area contributed by atoms with Gasteiger partial charge in [0.15, 0.2) is 0 Å². The van der Waals surface area contributed by atoms with Gasteiger partial charge in [0.1, 0.15) is 0 Å². The minimum atomic E-state index is -0.431. The zero-order valence-electron chi connectivity index (χ0n) is 16.9. The normalized spacial score (nSPS) is 17.6. The van der Waals surface area contributed by atoms with E-state index in [0.29, 0.717) is 13.2 Å². The zero-order chi connectivity index (χ0) is 19.2. The number of benzene rings is 2. The van der Waals surface area contributed by atoms with Crippen LogP contribution in [-0.2, 0) is 4.74 Å². The lowest BCUT2D eigenvalue weighted by Gasteiger charge is -2.29. The largest absolute Gasteiger partial charge is 0.389 e. The summed E-state index contributed by atoms with van der Waals surface area (Å²) in [6, 6.07) is 15.0. The van der Waals surface area contributed by atoms with Gasteiger partial charge in [-0.2, -0.15) is 0 Å². The van der Waals surface area contributed by atoms with Gasteiger partial charge in [-0.05, 0) is 74.5 Å². The molecule has 1 fully saturated rings. The van der Waals surface area contributed by atoms with E-state index >= 15 is 0 Å². The number of piperidine rings is 1. The SMILES string of the molecule is Cc1ccc(-c2ccccc2C(C)OCC(O)CN2CCCCC2)cc1C. The van der Waals surface area contributed by atoms with Crippen molar-refractivity contribution in [3.63, 3.8) is 0 Å². The first-order valence-electron chi connectivity index (χ1n) is 10.2. The summed E-state index contributed by atoms with van der Waals surface area (Å²) in [4.78, 5) is 2.35. The fourth-order valence-corrected chi connectivity index (χ4v) is 3.86. The number of nitrogens with zero attached hydrogens (tertiary/aromatic N) is 1. The molecule has 0 bridgehead atoms. The van der Waals surface area contributed by atoms with E-state index < -0.39 is 6.10 Å². The Morgan fingerprint density at radius 3 is 2.48 bits per heavy atom. The number of hydrogen-bond donors (Lipinski definition) is 1. The summed E-state index contributed by atoms with van der Waals surface area (Å²) in [5.41, 5.74) is 6.21. The quantitative estimate of drug-likeness (QED) is 0.756. The first kappa shape index (κ1) is 20.1. The first-order chi connectivity index (χ1) is 13.0. The molecule has 1 heterocycles. The summed E-state index contributed by atoms with van der Waals surface area (Å²) < 4.78 is 6.07. The molecular weight excluding hydrogens is 334 g/mol. The highest BCUT2D eigenvalue weighted by atomic mass is 16.5. The minimum Gasteiger partial charge on any atom is -0.389 e. The fourth-order valence-electron chi connectivity index (χ4n) is 3.86. The maximum absolute atomic E-state index is 10.4. The lowest BCUT2D eigenvalue weighted by molar-refractivity contribution is -0.0173. The average Bonchev–Trinajstić information content (AvgIpc) is 2.69. The molecule has 2 aromatic rings. The van der Waals surface area contributed by atoms with Gasteiger partial charge in [-0.15, -0.1) is 0 Å². The number of rotatable bonds is 7. The Morgan fingerprint density at radius 2 is 1.74 bits per heavy atom. The van der Waals surface area contributed by atoms with Crippen LogP contribution in [0.2, 0.25) is 0 Å². The van der Waals surface area contributed by atoms with Gasteiger partial charge in [0.05, 0.1) is 18.8 Å². The second-order valence-corrected chi connectivity index (χ2v) is 7.88. The molecule has 27 heavy (non-hydrogen) atoms. The molecule has 0 amide bonds. The van der Waals surface area contributed by atoms with Crippen LogP contribution in [0.5, 0.6) is 0 Å². The summed E-state index contributed by atoms with van der Waals surface area (Å²) >= 11 is 0. The standard InChI is InChI=1S/C24H33NO2/c1-18-11-12-21(15-19(18)2)24-10-6-5-9-23(24)20(3)27-17-22(26)16-25-13-7-4-8-14-25/h5-6,9-12,15,20,22,26H,4,7-8,13-14,16-17H2,1-3H3. The second kappa shape index (κ2) is 9.50. The molecule has 0 radical (unpaired) electrons. The zero-order valence-corrected chi connectivity index (χ0v) is 16.9. The second-order valence-electron chi connectivity index (χ2n) is 7.88. The Morgan fingerprint density at radius 1 is 1.00 bits per heavy atom. The topological polar surface area (TPSA) is 32.7 Å². The molecule has 1 saturated heterocycles. The molecule has 2 aromatic carbocycles. The number of hydrogen-bond acceptors (Lipinski definition) is 3. The van der Waals surface area contributed by atoms with Gasteiger partial charge in [-0.25, -0.2) is 0 Å². The predicted molar refractivity (Wildman–Crippen MR) is 112 cm³/mol. The molecule has 3 heteroatoms. The van der Waals surface area contributed by atoms with E-state index in [0.717, 1.165) is 13.1 Å². The van der Waals surface area contributed by atoms with Crippen molar-refractivity contribution in [2.45, 2.75) is 52.2 Å². The van der Waals surface area contributed by atoms with E-state index in [4.69, 9.17) is 4.74 Å². The molecule has 1 aliphatic rings. The molecule has 3 nitrogen and oxygen atoms in total. The van der Waals surface area contributed by atoms with E-state index in [1.807, 2.05) is 0 Å². The third-order valence-electron chi connectivity index (χ3n) is 5.67. The Balaban J connectivity index is 1.64. The van der Waals surface area contributed by atoms with Crippen LogP contribution in [0.4, 0.5) is 0 Å². The van der Waals surface area contributed by atoms with Crippen molar-refractivity contribution in [3.05, 3.63) is 59.2 Å². The molecule has 146 valence electrons. The lowest BCUT2D eigenvalue weighted by Crippen LogP contribution is -2.38. The summed E-state index contributed by atoms with van der Waals surface area (Å²) in [6.07, 6.45) is 3.31. The molecule has 2 atom stereocenters. The van der Waals surface area contributed by atoms with Gasteiger partial charge >= 0.3 is 0 Å². The summed E-state index contributed by atoms with van der Waals surface area (Å²) in [5.74, 6) is 0. The van der Waals surface area contributed by atoms with Crippen molar-refractivity contribution in [2.24, 2.45) is 0 Å². The van der Waals surface area contributed by atoms with Crippen molar-refractivity contribution >= 4 is 0 Å². The molecule has 3 rings (SSSR count). The van der Waals surface area contributed by atoms with Crippen LogP contribution in [0.15, 0.2) is 42.5 Å². The molecule has 0 spiro atoms. The monoisotopic (exact) mass is 367 g/mol. The summed E-state index contributed by atoms with van der Waals surface area (Å²) in [5, 5.41) is 10.4. The third kappa shape index (κ3) is 5.41.